The highest BCUT2D eigenvalue weighted by atomic mass is 16.5. The molecule has 0 unspecified atom stereocenters. The van der Waals surface area contributed by atoms with Gasteiger partial charge < -0.3 is 19.5 Å². The van der Waals surface area contributed by atoms with Crippen molar-refractivity contribution in [3.8, 4) is 0 Å². The number of rotatable bonds is 2. The van der Waals surface area contributed by atoms with Crippen LogP contribution >= 0.6 is 0 Å². The first-order valence-corrected chi connectivity index (χ1v) is 9.23. The van der Waals surface area contributed by atoms with Gasteiger partial charge in [-0.25, -0.2) is 0 Å². The lowest BCUT2D eigenvalue weighted by Gasteiger charge is -2.57. The number of hydrogen-bond donors (Lipinski definition) is 1. The van der Waals surface area contributed by atoms with Crippen molar-refractivity contribution in [2.75, 3.05) is 33.0 Å². The van der Waals surface area contributed by atoms with Gasteiger partial charge in [0, 0.05) is 56.3 Å². The number of hydrogen-bond acceptors (Lipinski definition) is 5. The Kier molecular flexibility index (Phi) is 4.33. The minimum absolute atomic E-state index is 0.00331. The molecule has 3 aliphatic heterocycles. The number of likely N-dealkylation sites (tertiary alicyclic amines) is 1. The van der Waals surface area contributed by atoms with E-state index in [0.29, 0.717) is 45.0 Å². The number of nitrogens with zero attached hydrogens (tertiary/aromatic N) is 3. The van der Waals surface area contributed by atoms with Gasteiger partial charge in [0.2, 0.25) is 0 Å². The molecule has 1 aromatic heterocycles. The Hall–Kier alpha value is -1.44. The molecule has 1 aromatic rings. The lowest BCUT2D eigenvalue weighted by Crippen LogP contribution is -2.68. The molecule has 7 nitrogen and oxygen atoms in total. The van der Waals surface area contributed by atoms with E-state index < -0.39 is 5.60 Å². The molecular weight excluding hydrogens is 322 g/mol. The predicted molar refractivity (Wildman–Crippen MR) is 90.2 cm³/mol. The summed E-state index contributed by atoms with van der Waals surface area (Å²) in [5.74, 6) is -0.113. The normalized spacial score (nSPS) is 35.4. The summed E-state index contributed by atoms with van der Waals surface area (Å²) in [6.07, 6.45) is 4.86. The Morgan fingerprint density at radius 3 is 2.92 bits per heavy atom. The molecule has 1 N–H and O–H groups in total. The van der Waals surface area contributed by atoms with E-state index in [1.54, 1.807) is 10.9 Å². The minimum Gasteiger partial charge on any atom is -0.389 e. The molecule has 3 saturated heterocycles. The quantitative estimate of drug-likeness (QED) is 0.865. The highest BCUT2D eigenvalue weighted by Crippen LogP contribution is 2.44. The molecular formula is C18H27N3O4. The van der Waals surface area contributed by atoms with Gasteiger partial charge in [-0.2, -0.15) is 5.10 Å². The predicted octanol–water partition coefficient (Wildman–Crippen LogP) is 1.09. The number of piperidine rings is 1. The van der Waals surface area contributed by atoms with Crippen molar-refractivity contribution in [3.63, 3.8) is 0 Å². The second-order valence-corrected chi connectivity index (χ2v) is 7.81. The third-order valence-electron chi connectivity index (χ3n) is 6.09. The highest BCUT2D eigenvalue weighted by Gasteiger charge is 2.56. The van der Waals surface area contributed by atoms with Crippen molar-refractivity contribution in [1.82, 2.24) is 14.7 Å². The molecule has 0 aromatic carbocycles. The largest absolute Gasteiger partial charge is 0.389 e. The lowest BCUT2D eigenvalue weighted by molar-refractivity contribution is -0.212. The summed E-state index contributed by atoms with van der Waals surface area (Å²) in [5, 5.41) is 15.6. The smallest absolute Gasteiger partial charge is 0.257 e. The third kappa shape index (κ3) is 2.78. The Morgan fingerprint density at radius 2 is 2.16 bits per heavy atom. The summed E-state index contributed by atoms with van der Waals surface area (Å²) in [6.45, 7) is 6.82. The van der Waals surface area contributed by atoms with E-state index in [1.165, 1.54) is 0 Å². The van der Waals surface area contributed by atoms with Crippen molar-refractivity contribution in [2.45, 2.75) is 44.4 Å². The molecule has 0 radical (unpaired) electrons. The summed E-state index contributed by atoms with van der Waals surface area (Å²) < 4.78 is 13.1. The van der Waals surface area contributed by atoms with Crippen LogP contribution in [0.2, 0.25) is 0 Å². The van der Waals surface area contributed by atoms with Gasteiger partial charge in [0.05, 0.1) is 30.6 Å². The van der Waals surface area contributed by atoms with Gasteiger partial charge in [0.25, 0.3) is 5.91 Å². The molecule has 0 spiro atoms. The molecule has 0 saturated carbocycles. The average molecular weight is 349 g/mol. The molecule has 3 aliphatic rings. The second-order valence-electron chi connectivity index (χ2n) is 7.81. The summed E-state index contributed by atoms with van der Waals surface area (Å²) >= 11 is 0. The fourth-order valence-corrected chi connectivity index (χ4v) is 4.59. The fraction of sp³-hybridized carbons (Fsp3) is 0.778. The van der Waals surface area contributed by atoms with Gasteiger partial charge in [-0.15, -0.1) is 0 Å². The first-order chi connectivity index (χ1) is 12.0. The van der Waals surface area contributed by atoms with Gasteiger partial charge in [0.15, 0.2) is 0 Å². The zero-order valence-corrected chi connectivity index (χ0v) is 14.9. The fourth-order valence-electron chi connectivity index (χ4n) is 4.59. The van der Waals surface area contributed by atoms with E-state index in [2.05, 4.69) is 5.10 Å². The maximum Gasteiger partial charge on any atom is 0.257 e. The van der Waals surface area contributed by atoms with Crippen molar-refractivity contribution >= 4 is 5.91 Å². The first-order valence-electron chi connectivity index (χ1n) is 9.23. The molecule has 25 heavy (non-hydrogen) atoms. The summed E-state index contributed by atoms with van der Waals surface area (Å²) in [6, 6.07) is 0.235. The van der Waals surface area contributed by atoms with Crippen LogP contribution in [0.3, 0.4) is 0 Å². The Morgan fingerprint density at radius 1 is 1.36 bits per heavy atom. The second kappa shape index (κ2) is 6.37. The van der Waals surface area contributed by atoms with Crippen LogP contribution in [0.25, 0.3) is 0 Å². The minimum atomic E-state index is -0.789. The van der Waals surface area contributed by atoms with Crippen LogP contribution in [0.15, 0.2) is 12.4 Å². The van der Waals surface area contributed by atoms with Crippen LogP contribution < -0.4 is 0 Å². The molecule has 7 heteroatoms. The van der Waals surface area contributed by atoms with Gasteiger partial charge in [-0.1, -0.05) is 0 Å². The van der Waals surface area contributed by atoms with Crippen LogP contribution in [-0.2, 0) is 9.47 Å². The summed E-state index contributed by atoms with van der Waals surface area (Å²) in [7, 11) is 0. The zero-order chi connectivity index (χ0) is 17.6. The number of amides is 1. The Labute approximate surface area is 147 Å². The Bertz CT molecular complexity index is 646. The maximum atomic E-state index is 13.2. The molecule has 138 valence electrons. The van der Waals surface area contributed by atoms with Crippen molar-refractivity contribution in [3.05, 3.63) is 18.0 Å². The zero-order valence-electron chi connectivity index (χ0n) is 14.9. The van der Waals surface area contributed by atoms with Gasteiger partial charge >= 0.3 is 0 Å². The van der Waals surface area contributed by atoms with Gasteiger partial charge in [-0.05, 0) is 20.3 Å². The lowest BCUT2D eigenvalue weighted by atomic mass is 9.66. The molecule has 0 aliphatic carbocycles. The van der Waals surface area contributed by atoms with Crippen LogP contribution in [0, 0.1) is 11.8 Å². The third-order valence-corrected chi connectivity index (χ3v) is 6.09. The molecule has 0 bridgehead atoms. The maximum absolute atomic E-state index is 13.2. The number of aromatic nitrogens is 2. The van der Waals surface area contributed by atoms with E-state index >= 15 is 0 Å². The van der Waals surface area contributed by atoms with E-state index in [-0.39, 0.29) is 29.8 Å². The van der Waals surface area contributed by atoms with Crippen molar-refractivity contribution in [2.24, 2.45) is 11.8 Å². The van der Waals surface area contributed by atoms with Crippen LogP contribution in [0.4, 0.5) is 0 Å². The Balaban J connectivity index is 1.63. The standard InChI is InChI=1S/C18H27N3O4/c1-12(2)21-8-13(7-19-21)17(22)20-9-14-10-25-6-4-18(14,23)15-11-24-5-3-16(15)20/h7-8,12,14-16,23H,3-6,9-11H2,1-2H3/t14-,15+,16-,18-/m0/s1. The topological polar surface area (TPSA) is 76.8 Å². The van der Waals surface area contributed by atoms with E-state index in [9.17, 15) is 9.90 Å². The number of fused-ring (bicyclic) bond motifs is 3. The summed E-state index contributed by atoms with van der Waals surface area (Å²) in [4.78, 5) is 15.1. The van der Waals surface area contributed by atoms with Crippen LogP contribution in [0.5, 0.6) is 0 Å². The molecule has 4 rings (SSSR count). The van der Waals surface area contributed by atoms with Crippen LogP contribution in [0.1, 0.15) is 43.1 Å². The molecule has 3 fully saturated rings. The van der Waals surface area contributed by atoms with E-state index in [4.69, 9.17) is 9.47 Å². The van der Waals surface area contributed by atoms with Gasteiger partial charge in [-0.3, -0.25) is 9.48 Å². The first kappa shape index (κ1) is 17.0. The number of carbonyl (C=O) groups is 1. The van der Waals surface area contributed by atoms with Crippen molar-refractivity contribution in [1.29, 1.82) is 0 Å². The van der Waals surface area contributed by atoms with Gasteiger partial charge in [0.1, 0.15) is 0 Å². The number of aliphatic hydroxyl groups is 1. The number of ether oxygens (including phenoxy) is 2. The van der Waals surface area contributed by atoms with Crippen LogP contribution in [-0.4, -0.2) is 70.3 Å². The average Bonchev–Trinajstić information content (AvgIpc) is 3.11. The van der Waals surface area contributed by atoms with E-state index in [1.807, 2.05) is 24.9 Å². The highest BCUT2D eigenvalue weighted by molar-refractivity contribution is 5.94. The molecule has 1 amide bonds. The monoisotopic (exact) mass is 349 g/mol. The summed E-state index contributed by atoms with van der Waals surface area (Å²) in [5.41, 5.74) is -0.177. The SMILES string of the molecule is CC(C)n1cc(C(=O)N2C[C@H]3COCC[C@@]3(O)[C@@H]3COCC[C@@H]32)cn1. The molecule has 4 heterocycles. The van der Waals surface area contributed by atoms with E-state index in [0.717, 1.165) is 6.42 Å². The number of carbonyl (C=O) groups excluding carboxylic acids is 1. The molecule has 4 atom stereocenters. The van der Waals surface area contributed by atoms with Crippen molar-refractivity contribution < 1.29 is 19.4 Å².